The number of amides is 1. The van der Waals surface area contributed by atoms with E-state index in [9.17, 15) is 23.1 Å². The summed E-state index contributed by atoms with van der Waals surface area (Å²) in [7, 11) is 0. The lowest BCUT2D eigenvalue weighted by Crippen LogP contribution is -2.39. The minimum absolute atomic E-state index is 0.0212. The fraction of sp³-hybridized carbons (Fsp3) is 0.500. The molecule has 0 heterocycles. The van der Waals surface area contributed by atoms with Gasteiger partial charge in [0, 0.05) is 12.0 Å². The summed E-state index contributed by atoms with van der Waals surface area (Å²) in [6.45, 7) is 0. The van der Waals surface area contributed by atoms with E-state index in [4.69, 9.17) is 5.73 Å². The maximum Gasteiger partial charge on any atom is 0.392 e. The first-order chi connectivity index (χ1) is 9.79. The molecular formula is C14H17F3N2O2. The van der Waals surface area contributed by atoms with E-state index in [1.165, 1.54) is 18.2 Å². The molecule has 0 spiro atoms. The average Bonchev–Trinajstić information content (AvgIpc) is 2.41. The lowest BCUT2D eigenvalue weighted by Gasteiger charge is -2.32. The molecule has 1 aromatic rings. The fourth-order valence-corrected chi connectivity index (χ4v) is 2.73. The molecule has 4 nitrogen and oxygen atoms in total. The van der Waals surface area contributed by atoms with E-state index in [2.05, 4.69) is 5.32 Å². The molecule has 21 heavy (non-hydrogen) atoms. The van der Waals surface area contributed by atoms with E-state index in [1.54, 1.807) is 0 Å². The van der Waals surface area contributed by atoms with Crippen molar-refractivity contribution in [2.24, 2.45) is 11.8 Å². The summed E-state index contributed by atoms with van der Waals surface area (Å²) < 4.78 is 39.0. The Labute approximate surface area is 120 Å². The van der Waals surface area contributed by atoms with Crippen LogP contribution >= 0.6 is 0 Å². The van der Waals surface area contributed by atoms with Crippen molar-refractivity contribution in [1.82, 2.24) is 0 Å². The van der Waals surface area contributed by atoms with Crippen LogP contribution in [0.1, 0.15) is 25.7 Å². The van der Waals surface area contributed by atoms with Crippen LogP contribution in [0.25, 0.3) is 0 Å². The molecule has 1 amide bonds. The highest BCUT2D eigenvalue weighted by Gasteiger charge is 2.48. The van der Waals surface area contributed by atoms with Gasteiger partial charge in [0.05, 0.1) is 17.3 Å². The Morgan fingerprint density at radius 2 is 1.95 bits per heavy atom. The molecule has 0 aliphatic heterocycles. The van der Waals surface area contributed by atoms with Gasteiger partial charge in [-0.15, -0.1) is 0 Å². The molecule has 1 aliphatic carbocycles. The van der Waals surface area contributed by atoms with Crippen LogP contribution in [0.5, 0.6) is 5.75 Å². The molecule has 0 radical (unpaired) electrons. The molecule has 7 heteroatoms. The zero-order valence-corrected chi connectivity index (χ0v) is 11.3. The number of nitrogens with two attached hydrogens (primary N) is 1. The number of nitrogen functional groups attached to an aromatic ring is 1. The van der Waals surface area contributed by atoms with Crippen molar-refractivity contribution < 1.29 is 23.1 Å². The number of hydrogen-bond donors (Lipinski definition) is 3. The monoisotopic (exact) mass is 302 g/mol. The molecule has 4 N–H and O–H groups in total. The topological polar surface area (TPSA) is 75.3 Å². The molecule has 1 fully saturated rings. The Balaban J connectivity index is 2.14. The number of alkyl halides is 3. The Morgan fingerprint density at radius 3 is 2.57 bits per heavy atom. The second-order valence-electron chi connectivity index (χ2n) is 5.30. The van der Waals surface area contributed by atoms with E-state index in [-0.39, 0.29) is 30.0 Å². The van der Waals surface area contributed by atoms with Gasteiger partial charge in [0.25, 0.3) is 0 Å². The number of nitrogens with one attached hydrogen (secondary N) is 1. The van der Waals surface area contributed by atoms with Crippen molar-refractivity contribution in [3.05, 3.63) is 18.2 Å². The molecule has 1 aliphatic rings. The molecule has 0 bridgehead atoms. The lowest BCUT2D eigenvalue weighted by atomic mass is 9.78. The summed E-state index contributed by atoms with van der Waals surface area (Å²) in [5, 5.41) is 11.7. The highest BCUT2D eigenvalue weighted by atomic mass is 19.4. The van der Waals surface area contributed by atoms with Gasteiger partial charge in [0.15, 0.2) is 0 Å². The third-order valence-electron chi connectivity index (χ3n) is 3.82. The zero-order valence-electron chi connectivity index (χ0n) is 11.3. The Bertz CT molecular complexity index is 531. The van der Waals surface area contributed by atoms with Crippen LogP contribution in [0, 0.1) is 11.8 Å². The molecule has 116 valence electrons. The lowest BCUT2D eigenvalue weighted by molar-refractivity contribution is -0.197. The Hall–Kier alpha value is -1.92. The van der Waals surface area contributed by atoms with Crippen LogP contribution in [0.15, 0.2) is 18.2 Å². The summed E-state index contributed by atoms with van der Waals surface area (Å²) in [5.41, 5.74) is 5.95. The van der Waals surface area contributed by atoms with Gasteiger partial charge >= 0.3 is 6.18 Å². The van der Waals surface area contributed by atoms with Crippen LogP contribution in [0.4, 0.5) is 24.5 Å². The number of benzene rings is 1. The maximum atomic E-state index is 13.0. The van der Waals surface area contributed by atoms with Crippen molar-refractivity contribution in [2.75, 3.05) is 11.1 Å². The van der Waals surface area contributed by atoms with Crippen LogP contribution in [0.3, 0.4) is 0 Å². The van der Waals surface area contributed by atoms with Crippen molar-refractivity contribution in [2.45, 2.75) is 31.9 Å². The molecule has 0 aromatic heterocycles. The Kier molecular flexibility index (Phi) is 4.29. The molecule has 0 saturated heterocycles. The van der Waals surface area contributed by atoms with E-state index in [1.807, 2.05) is 0 Å². The van der Waals surface area contributed by atoms with Gasteiger partial charge in [-0.2, -0.15) is 13.2 Å². The molecular weight excluding hydrogens is 285 g/mol. The van der Waals surface area contributed by atoms with Crippen molar-refractivity contribution in [3.8, 4) is 5.75 Å². The molecule has 2 rings (SSSR count). The second kappa shape index (κ2) is 5.83. The molecule has 1 aromatic carbocycles. The highest BCUT2D eigenvalue weighted by Crippen LogP contribution is 2.42. The quantitative estimate of drug-likeness (QED) is 0.579. The molecule has 1 saturated carbocycles. The Morgan fingerprint density at radius 1 is 1.29 bits per heavy atom. The van der Waals surface area contributed by atoms with Gasteiger partial charge in [-0.25, -0.2) is 0 Å². The normalized spacial score (nSPS) is 22.8. The number of halogens is 3. The summed E-state index contributed by atoms with van der Waals surface area (Å²) in [6.07, 6.45) is -3.09. The number of phenols is 1. The standard InChI is InChI=1S/C14H17F3N2O2/c15-14(16,17)10-4-2-1-3-9(10)13(21)19-12-6-5-8(20)7-11(12)18/h5-7,9-10,20H,1-4,18H2,(H,19,21). The van der Waals surface area contributed by atoms with Gasteiger partial charge in [0.2, 0.25) is 5.91 Å². The fourth-order valence-electron chi connectivity index (χ4n) is 2.73. The van der Waals surface area contributed by atoms with Crippen molar-refractivity contribution in [1.29, 1.82) is 0 Å². The number of carbonyl (C=O) groups excluding carboxylic acids is 1. The second-order valence-corrected chi connectivity index (χ2v) is 5.30. The first kappa shape index (κ1) is 15.5. The van der Waals surface area contributed by atoms with Crippen LogP contribution < -0.4 is 11.1 Å². The predicted molar refractivity (Wildman–Crippen MR) is 72.7 cm³/mol. The number of anilines is 2. The third kappa shape index (κ3) is 3.59. The smallest absolute Gasteiger partial charge is 0.392 e. The van der Waals surface area contributed by atoms with Crippen molar-refractivity contribution >= 4 is 17.3 Å². The van der Waals surface area contributed by atoms with Gasteiger partial charge in [-0.1, -0.05) is 12.8 Å². The van der Waals surface area contributed by atoms with E-state index in [0.717, 1.165) is 0 Å². The average molecular weight is 302 g/mol. The van der Waals surface area contributed by atoms with Crippen LogP contribution in [0.2, 0.25) is 0 Å². The first-order valence-corrected chi connectivity index (χ1v) is 6.75. The molecule has 2 unspecified atom stereocenters. The third-order valence-corrected chi connectivity index (χ3v) is 3.82. The molecule has 2 atom stereocenters. The number of carbonyl (C=O) groups is 1. The number of rotatable bonds is 2. The maximum absolute atomic E-state index is 13.0. The first-order valence-electron chi connectivity index (χ1n) is 6.75. The summed E-state index contributed by atoms with van der Waals surface area (Å²) in [6, 6.07) is 3.92. The van der Waals surface area contributed by atoms with Crippen LogP contribution in [-0.2, 0) is 4.79 Å². The van der Waals surface area contributed by atoms with Gasteiger partial charge in [0.1, 0.15) is 5.75 Å². The van der Waals surface area contributed by atoms with Crippen molar-refractivity contribution in [3.63, 3.8) is 0 Å². The predicted octanol–water partition coefficient (Wildman–Crippen LogP) is 3.28. The number of aromatic hydroxyl groups is 1. The summed E-state index contributed by atoms with van der Waals surface area (Å²) >= 11 is 0. The number of hydrogen-bond acceptors (Lipinski definition) is 3. The minimum Gasteiger partial charge on any atom is -0.508 e. The largest absolute Gasteiger partial charge is 0.508 e. The van der Waals surface area contributed by atoms with Gasteiger partial charge in [-0.05, 0) is 25.0 Å². The summed E-state index contributed by atoms with van der Waals surface area (Å²) in [4.78, 5) is 12.1. The minimum atomic E-state index is -4.37. The number of phenolic OH excluding ortho intramolecular Hbond substituents is 1. The van der Waals surface area contributed by atoms with E-state index in [0.29, 0.717) is 12.8 Å². The SMILES string of the molecule is Nc1cc(O)ccc1NC(=O)C1CCCCC1C(F)(F)F. The van der Waals surface area contributed by atoms with E-state index >= 15 is 0 Å². The van der Waals surface area contributed by atoms with Gasteiger partial charge < -0.3 is 16.2 Å². The zero-order chi connectivity index (χ0) is 15.6. The summed E-state index contributed by atoms with van der Waals surface area (Å²) in [5.74, 6) is -3.44. The van der Waals surface area contributed by atoms with E-state index < -0.39 is 23.9 Å². The van der Waals surface area contributed by atoms with Gasteiger partial charge in [-0.3, -0.25) is 4.79 Å². The highest BCUT2D eigenvalue weighted by molar-refractivity contribution is 5.95. The van der Waals surface area contributed by atoms with Crippen LogP contribution in [-0.4, -0.2) is 17.2 Å².